The number of nitrogens with one attached hydrogen (secondary N) is 1. The van der Waals surface area contributed by atoms with Gasteiger partial charge < -0.3 is 5.32 Å². The zero-order chi connectivity index (χ0) is 13.2. The van der Waals surface area contributed by atoms with E-state index in [1.807, 2.05) is 11.7 Å². The molecule has 1 saturated carbocycles. The summed E-state index contributed by atoms with van der Waals surface area (Å²) < 4.78 is 1.93. The molecule has 3 rings (SSSR count). The number of aryl methyl sites for hydroxylation is 1. The van der Waals surface area contributed by atoms with E-state index in [1.165, 1.54) is 44.2 Å². The summed E-state index contributed by atoms with van der Waals surface area (Å²) in [5.41, 5.74) is 1.38. The third-order valence-electron chi connectivity index (χ3n) is 4.57. The minimum Gasteiger partial charge on any atom is -0.314 e. The second-order valence-corrected chi connectivity index (χ2v) is 6.31. The van der Waals surface area contributed by atoms with Gasteiger partial charge in [-0.25, -0.2) is 0 Å². The Morgan fingerprint density at radius 1 is 1.26 bits per heavy atom. The van der Waals surface area contributed by atoms with E-state index in [2.05, 4.69) is 34.8 Å². The third-order valence-corrected chi connectivity index (χ3v) is 4.57. The number of hydrogen-bond donors (Lipinski definition) is 1. The highest BCUT2D eigenvalue weighted by Gasteiger charge is 2.31. The Bertz CT molecular complexity index is 410. The van der Waals surface area contributed by atoms with Gasteiger partial charge in [0.05, 0.1) is 6.20 Å². The molecule has 0 amide bonds. The highest BCUT2D eigenvalue weighted by molar-refractivity contribution is 5.13. The second kappa shape index (κ2) is 5.63. The molecule has 2 aliphatic rings. The van der Waals surface area contributed by atoms with Crippen molar-refractivity contribution in [2.75, 3.05) is 20.1 Å². The van der Waals surface area contributed by atoms with Crippen LogP contribution in [0.3, 0.4) is 0 Å². The van der Waals surface area contributed by atoms with Crippen LogP contribution >= 0.6 is 0 Å². The largest absolute Gasteiger partial charge is 0.314 e. The van der Waals surface area contributed by atoms with Crippen molar-refractivity contribution in [3.05, 3.63) is 18.0 Å². The normalized spacial score (nSPS) is 29.4. The molecule has 0 aromatic carbocycles. The van der Waals surface area contributed by atoms with Gasteiger partial charge in [-0.15, -0.1) is 0 Å². The van der Waals surface area contributed by atoms with Crippen LogP contribution in [0.2, 0.25) is 0 Å². The van der Waals surface area contributed by atoms with Crippen molar-refractivity contribution in [1.82, 2.24) is 20.0 Å². The predicted octanol–water partition coefficient (Wildman–Crippen LogP) is 1.95. The van der Waals surface area contributed by atoms with Gasteiger partial charge in [0.25, 0.3) is 0 Å². The molecule has 19 heavy (non-hydrogen) atoms. The molecule has 2 heterocycles. The molecule has 2 unspecified atom stereocenters. The minimum absolute atomic E-state index is 0.530. The number of nitrogens with zero attached hydrogens (tertiary/aromatic N) is 3. The zero-order valence-corrected chi connectivity index (χ0v) is 12.2. The molecule has 1 N–H and O–H groups in total. The molecule has 2 atom stereocenters. The van der Waals surface area contributed by atoms with Crippen LogP contribution in [0.25, 0.3) is 0 Å². The fourth-order valence-electron chi connectivity index (χ4n) is 3.36. The van der Waals surface area contributed by atoms with E-state index < -0.39 is 0 Å². The van der Waals surface area contributed by atoms with Crippen molar-refractivity contribution in [1.29, 1.82) is 0 Å². The summed E-state index contributed by atoms with van der Waals surface area (Å²) in [5.74, 6) is 0.720. The quantitative estimate of drug-likeness (QED) is 0.900. The molecular weight excluding hydrogens is 236 g/mol. The molecule has 1 saturated heterocycles. The maximum absolute atomic E-state index is 4.37. The highest BCUT2D eigenvalue weighted by Crippen LogP contribution is 2.34. The number of rotatable bonds is 4. The summed E-state index contributed by atoms with van der Waals surface area (Å²) in [5, 5.41) is 8.10. The van der Waals surface area contributed by atoms with Crippen LogP contribution in [0.5, 0.6) is 0 Å². The molecule has 106 valence electrons. The first-order chi connectivity index (χ1) is 9.24. The first kappa shape index (κ1) is 13.1. The molecule has 0 radical (unpaired) electrons. The Morgan fingerprint density at radius 2 is 2.11 bits per heavy atom. The molecular formula is C15H26N4. The third kappa shape index (κ3) is 3.18. The summed E-state index contributed by atoms with van der Waals surface area (Å²) in [7, 11) is 4.28. The van der Waals surface area contributed by atoms with Gasteiger partial charge in [0.15, 0.2) is 0 Å². The molecule has 4 heteroatoms. The van der Waals surface area contributed by atoms with Gasteiger partial charge in [-0.05, 0) is 45.2 Å². The van der Waals surface area contributed by atoms with Crippen LogP contribution in [0.4, 0.5) is 0 Å². The van der Waals surface area contributed by atoms with E-state index in [-0.39, 0.29) is 0 Å². The Labute approximate surface area is 116 Å². The molecule has 0 spiro atoms. The lowest BCUT2D eigenvalue weighted by Crippen LogP contribution is -2.35. The van der Waals surface area contributed by atoms with Gasteiger partial charge in [0.2, 0.25) is 0 Å². The van der Waals surface area contributed by atoms with Gasteiger partial charge >= 0.3 is 0 Å². The summed E-state index contributed by atoms with van der Waals surface area (Å²) >= 11 is 0. The Kier molecular flexibility index (Phi) is 3.89. The number of hydrogen-bond acceptors (Lipinski definition) is 3. The summed E-state index contributed by atoms with van der Waals surface area (Å²) in [4.78, 5) is 2.53. The van der Waals surface area contributed by atoms with Gasteiger partial charge in [-0.3, -0.25) is 9.58 Å². The SMILES string of the molecule is CN1CCCCC(CNC2CC2)C1c1cnn(C)c1. The Morgan fingerprint density at radius 3 is 2.79 bits per heavy atom. The van der Waals surface area contributed by atoms with E-state index in [4.69, 9.17) is 0 Å². The minimum atomic E-state index is 0.530. The lowest BCUT2D eigenvalue weighted by Gasteiger charge is -2.32. The first-order valence-electron chi connectivity index (χ1n) is 7.66. The Hall–Kier alpha value is -0.870. The number of likely N-dealkylation sites (tertiary alicyclic amines) is 1. The van der Waals surface area contributed by atoms with Gasteiger partial charge in [0, 0.05) is 37.4 Å². The van der Waals surface area contributed by atoms with Crippen LogP contribution in [0, 0.1) is 5.92 Å². The van der Waals surface area contributed by atoms with E-state index in [0.717, 1.165) is 18.5 Å². The highest BCUT2D eigenvalue weighted by atomic mass is 15.2. The molecule has 2 fully saturated rings. The van der Waals surface area contributed by atoms with Gasteiger partial charge in [-0.1, -0.05) is 6.42 Å². The molecule has 1 aromatic heterocycles. The first-order valence-corrected chi connectivity index (χ1v) is 7.66. The average molecular weight is 262 g/mol. The van der Waals surface area contributed by atoms with E-state index in [0.29, 0.717) is 6.04 Å². The van der Waals surface area contributed by atoms with Crippen LogP contribution in [0.15, 0.2) is 12.4 Å². The van der Waals surface area contributed by atoms with Gasteiger partial charge in [0.1, 0.15) is 0 Å². The molecule has 4 nitrogen and oxygen atoms in total. The maximum atomic E-state index is 4.37. The fourth-order valence-corrected chi connectivity index (χ4v) is 3.36. The monoisotopic (exact) mass is 262 g/mol. The van der Waals surface area contributed by atoms with Crippen molar-refractivity contribution >= 4 is 0 Å². The van der Waals surface area contributed by atoms with Gasteiger partial charge in [-0.2, -0.15) is 5.10 Å². The molecule has 1 aromatic rings. The fraction of sp³-hybridized carbons (Fsp3) is 0.800. The van der Waals surface area contributed by atoms with E-state index >= 15 is 0 Å². The molecule has 1 aliphatic heterocycles. The average Bonchev–Trinajstić information content (AvgIpc) is 3.15. The molecule has 0 bridgehead atoms. The topological polar surface area (TPSA) is 33.1 Å². The van der Waals surface area contributed by atoms with E-state index in [9.17, 15) is 0 Å². The van der Waals surface area contributed by atoms with Crippen molar-refractivity contribution in [2.24, 2.45) is 13.0 Å². The van der Waals surface area contributed by atoms with Crippen LogP contribution in [-0.2, 0) is 7.05 Å². The summed E-state index contributed by atoms with van der Waals surface area (Å²) in [6.45, 7) is 2.37. The zero-order valence-electron chi connectivity index (χ0n) is 12.2. The van der Waals surface area contributed by atoms with Crippen LogP contribution in [0.1, 0.15) is 43.7 Å². The van der Waals surface area contributed by atoms with Crippen molar-refractivity contribution < 1.29 is 0 Å². The lowest BCUT2D eigenvalue weighted by molar-refractivity contribution is 0.188. The standard InChI is InChI=1S/C15H26N4/c1-18-8-4-3-5-12(9-16-14-6-7-14)15(18)13-10-17-19(2)11-13/h10-12,14-16H,3-9H2,1-2H3. The van der Waals surface area contributed by atoms with Crippen molar-refractivity contribution in [3.8, 4) is 0 Å². The van der Waals surface area contributed by atoms with Crippen molar-refractivity contribution in [3.63, 3.8) is 0 Å². The van der Waals surface area contributed by atoms with Crippen LogP contribution in [-0.4, -0.2) is 40.9 Å². The van der Waals surface area contributed by atoms with Crippen molar-refractivity contribution in [2.45, 2.75) is 44.2 Å². The number of aromatic nitrogens is 2. The molecule has 1 aliphatic carbocycles. The van der Waals surface area contributed by atoms with Crippen LogP contribution < -0.4 is 5.32 Å². The predicted molar refractivity (Wildman–Crippen MR) is 76.9 cm³/mol. The maximum Gasteiger partial charge on any atom is 0.0537 e. The lowest BCUT2D eigenvalue weighted by atomic mass is 9.91. The Balaban J connectivity index is 1.75. The summed E-state index contributed by atoms with van der Waals surface area (Å²) in [6.07, 6.45) is 11.0. The summed E-state index contributed by atoms with van der Waals surface area (Å²) in [6, 6.07) is 1.34. The van der Waals surface area contributed by atoms with E-state index in [1.54, 1.807) is 0 Å². The second-order valence-electron chi connectivity index (χ2n) is 6.31. The smallest absolute Gasteiger partial charge is 0.0537 e.